The van der Waals surface area contributed by atoms with Crippen LogP contribution in [0.3, 0.4) is 0 Å². The first-order chi connectivity index (χ1) is 48.7. The number of Topliss-reactive ketones (excluding diaryl/α,β-unsaturated/α-hetero) is 2. The molecule has 0 radical (unpaired) electrons. The molecule has 0 unspecified atom stereocenters. The molecule has 1 aromatic carbocycles. The van der Waals surface area contributed by atoms with E-state index >= 15 is 0 Å². The third-order valence-corrected chi connectivity index (χ3v) is 19.9. The van der Waals surface area contributed by atoms with E-state index in [1.807, 2.05) is 117 Å². The van der Waals surface area contributed by atoms with Gasteiger partial charge in [0.25, 0.3) is 0 Å². The Kier molecular flexibility index (Phi) is 17.4. The lowest BCUT2D eigenvalue weighted by Gasteiger charge is -2.33. The number of ketones is 2. The van der Waals surface area contributed by atoms with E-state index in [-0.39, 0.29) is 47.2 Å². The van der Waals surface area contributed by atoms with Gasteiger partial charge in [-0.2, -0.15) is 0 Å². The number of benzene rings is 1. The number of furan rings is 1. The Balaban J connectivity index is 0.000000122. The maximum atomic E-state index is 12.9. The first kappa shape index (κ1) is 64.1. The molecular weight excluding hydrogens is 1260 g/mol. The van der Waals surface area contributed by atoms with Gasteiger partial charge in [0.1, 0.15) is 79.9 Å². The molecule has 25 nitrogen and oxygen atoms in total. The largest absolute Gasteiger partial charge is 0.453 e. The lowest BCUT2D eigenvalue weighted by molar-refractivity contribution is -0.132. The Morgan fingerprint density at radius 2 is 1.20 bits per heavy atom. The number of nitrogen functional groups attached to an aromatic ring is 3. The molecular formula is C75H76N20O5. The van der Waals surface area contributed by atoms with Gasteiger partial charge >= 0.3 is 6.03 Å². The zero-order chi connectivity index (χ0) is 68.7. The Labute approximate surface area is 574 Å². The molecule has 2 aliphatic carbocycles. The van der Waals surface area contributed by atoms with Crippen molar-refractivity contribution in [2.24, 2.45) is 5.92 Å². The second kappa shape index (κ2) is 27.2. The van der Waals surface area contributed by atoms with E-state index in [1.54, 1.807) is 62.4 Å². The molecule has 2 aliphatic heterocycles. The number of nitrogens with one attached hydrogen (secondary N) is 2. The fourth-order valence-corrected chi connectivity index (χ4v) is 14.8. The second-order valence-corrected chi connectivity index (χ2v) is 26.3. The van der Waals surface area contributed by atoms with Crippen molar-refractivity contribution in [1.29, 1.82) is 0 Å². The summed E-state index contributed by atoms with van der Waals surface area (Å²) < 4.78 is 12.1. The Morgan fingerprint density at radius 1 is 0.600 bits per heavy atom. The number of nitrogens with zero attached hydrogens (tertiary/aromatic N) is 15. The fourth-order valence-electron chi connectivity index (χ4n) is 14.8. The molecule has 3 fully saturated rings. The molecule has 100 heavy (non-hydrogen) atoms. The topological polar surface area (TPSA) is 330 Å². The molecule has 0 atom stereocenters. The minimum atomic E-state index is 0.0466. The number of H-pyrrole nitrogens is 2. The van der Waals surface area contributed by atoms with Gasteiger partial charge in [-0.15, -0.1) is 0 Å². The third kappa shape index (κ3) is 12.3. The number of nitrogens with two attached hydrogens (primary N) is 3. The van der Waals surface area contributed by atoms with Gasteiger partial charge in [0.15, 0.2) is 17.1 Å². The predicted octanol–water partition coefficient (Wildman–Crippen LogP) is 12.0. The monoisotopic (exact) mass is 1340 g/mol. The van der Waals surface area contributed by atoms with Crippen LogP contribution in [0.2, 0.25) is 0 Å². The van der Waals surface area contributed by atoms with Gasteiger partial charge in [-0.3, -0.25) is 42.5 Å². The van der Waals surface area contributed by atoms with Crippen molar-refractivity contribution in [2.45, 2.75) is 95.3 Å². The molecule has 0 bridgehead atoms. The number of fused-ring (bicyclic) bond motifs is 6. The molecule has 2 saturated heterocycles. The average Bonchev–Trinajstić information content (AvgIpc) is 1.62. The van der Waals surface area contributed by atoms with Crippen LogP contribution < -0.4 is 17.2 Å². The molecule has 17 rings (SSSR count). The number of amides is 3. The molecule has 14 heterocycles. The number of hydrogen-bond acceptors (Lipinski definition) is 17. The number of likely N-dealkylation sites (tertiary alicyclic amines) is 2. The van der Waals surface area contributed by atoms with Crippen LogP contribution in [0.4, 0.5) is 22.2 Å². The average molecular weight is 1340 g/mol. The molecule has 12 aromatic heterocycles. The number of aromatic amines is 2. The molecule has 4 aliphatic rings. The third-order valence-electron chi connectivity index (χ3n) is 19.9. The summed E-state index contributed by atoms with van der Waals surface area (Å²) in [5, 5.41) is 1.08. The minimum Gasteiger partial charge on any atom is -0.453 e. The van der Waals surface area contributed by atoms with Crippen LogP contribution in [0.5, 0.6) is 0 Å². The van der Waals surface area contributed by atoms with Crippen molar-refractivity contribution in [3.05, 3.63) is 181 Å². The van der Waals surface area contributed by atoms with Crippen LogP contribution >= 0.6 is 0 Å². The molecule has 0 spiro atoms. The summed E-state index contributed by atoms with van der Waals surface area (Å²) in [5.74, 6) is 6.01. The van der Waals surface area contributed by atoms with Gasteiger partial charge in [-0.1, -0.05) is 43.3 Å². The number of para-hydroxylation sites is 1. The Bertz CT molecular complexity index is 5220. The Hall–Kier alpha value is -11.9. The number of urea groups is 1. The highest BCUT2D eigenvalue weighted by molar-refractivity contribution is 6.04. The minimum absolute atomic E-state index is 0.0466. The van der Waals surface area contributed by atoms with Crippen LogP contribution in [0.1, 0.15) is 128 Å². The normalized spacial score (nSPS) is 16.6. The van der Waals surface area contributed by atoms with E-state index < -0.39 is 0 Å². The quantitative estimate of drug-likeness (QED) is 0.0803. The summed E-state index contributed by atoms with van der Waals surface area (Å²) in [6, 6.07) is 25.6. The van der Waals surface area contributed by atoms with E-state index in [0.29, 0.717) is 78.1 Å². The fraction of sp³-hybridized carbons (Fsp3) is 0.293. The smallest absolute Gasteiger partial charge is 0.319 e. The van der Waals surface area contributed by atoms with E-state index in [9.17, 15) is 19.2 Å². The van der Waals surface area contributed by atoms with Gasteiger partial charge < -0.3 is 46.3 Å². The van der Waals surface area contributed by atoms with Gasteiger partial charge in [-0.25, -0.2) is 34.7 Å². The lowest BCUT2D eigenvalue weighted by Crippen LogP contribution is -2.43. The van der Waals surface area contributed by atoms with Crippen LogP contribution in [0.25, 0.3) is 90.1 Å². The molecule has 506 valence electrons. The lowest BCUT2D eigenvalue weighted by atomic mass is 9.78. The van der Waals surface area contributed by atoms with E-state index in [2.05, 4.69) is 62.5 Å². The summed E-state index contributed by atoms with van der Waals surface area (Å²) >= 11 is 0. The first-order valence-electron chi connectivity index (χ1n) is 34.1. The number of hydrogen-bond donors (Lipinski definition) is 5. The predicted molar refractivity (Wildman–Crippen MR) is 383 cm³/mol. The molecule has 1 saturated carbocycles. The number of carbonyl (C=O) groups excluding carboxylic acids is 4. The summed E-state index contributed by atoms with van der Waals surface area (Å²) in [6.45, 7) is 4.81. The highest BCUT2D eigenvalue weighted by Gasteiger charge is 2.34. The molecule has 3 amide bonds. The number of imidazole rings is 3. The van der Waals surface area contributed by atoms with Crippen molar-refractivity contribution in [3.8, 4) is 45.5 Å². The van der Waals surface area contributed by atoms with Crippen molar-refractivity contribution in [1.82, 2.24) is 82.7 Å². The number of allylic oxidation sites excluding steroid dienone is 1. The molecule has 13 aromatic rings. The SMILES string of the molecule is CCC(=O)N1CCC(c2nc(-c3cc4cccc(-c5ccccn5)c4[nH]3)c3c(N)nccn23)CC1.CN(C)C(=O)N1CCC(c2nc(-c3cc4ncccc4o3)c3c(N)nccn23)CC1.Nc1nccn2c(C3CCC(C(=O)Cc4cccnc4)CC3)nc(-c3cc4c([nH]3)C=CCC4=O)c12. The number of pyridine rings is 3. The van der Waals surface area contributed by atoms with Crippen LogP contribution in [-0.4, -0.2) is 147 Å². The van der Waals surface area contributed by atoms with Crippen molar-refractivity contribution < 1.29 is 23.6 Å². The summed E-state index contributed by atoms with van der Waals surface area (Å²) in [7, 11) is 3.56. The summed E-state index contributed by atoms with van der Waals surface area (Å²) in [4.78, 5) is 103. The standard InChI is InChI=1S/C27H27N7O.C27H26N6O2.C21H23N7O2/c1-2-22(35)33-13-9-17(10-14-33)27-32-24(25-26(28)30-12-15-34(25)27)21-16-18-6-5-7-19(23(18)31-21)20-8-3-4-11-29-20;28-26-25-24(21-14-19-20(31-21)4-1-5-22(19)34)32-27(33(25)12-11-30-26)18-8-6-17(7-9-18)23(35)13-16-3-2-10-29-15-16;1-26(2)21(29)27-9-5-13(6-10-27)20-25-17(18-19(22)24-8-11-28(18)20)16-12-14-15(30-16)4-3-7-23-14/h3-8,11-12,15-17,31H,2,9-10,13-14H2,1H3,(H2,28,30);1-4,10-12,14-15,17-18,31H,5-9,13H2,(H2,28,30);3-4,7-8,11-13H,5-6,9-10H2,1-2H3,(H2,22,24). The zero-order valence-corrected chi connectivity index (χ0v) is 55.8. The van der Waals surface area contributed by atoms with E-state index in [0.717, 1.165) is 154 Å². The van der Waals surface area contributed by atoms with Gasteiger partial charge in [-0.05, 0) is 105 Å². The first-order valence-corrected chi connectivity index (χ1v) is 34.1. The van der Waals surface area contributed by atoms with Gasteiger partial charge in [0.2, 0.25) is 5.91 Å². The van der Waals surface area contributed by atoms with E-state index in [1.165, 1.54) is 0 Å². The number of aromatic nitrogens is 14. The van der Waals surface area contributed by atoms with E-state index in [4.69, 9.17) is 36.6 Å². The van der Waals surface area contributed by atoms with Crippen molar-refractivity contribution in [2.75, 3.05) is 57.5 Å². The van der Waals surface area contributed by atoms with Crippen LogP contribution in [-0.2, 0) is 16.0 Å². The van der Waals surface area contributed by atoms with Crippen LogP contribution in [0, 0.1) is 5.92 Å². The molecule has 8 N–H and O–H groups in total. The number of anilines is 3. The summed E-state index contributed by atoms with van der Waals surface area (Å²) in [5.41, 5.74) is 31.9. The maximum Gasteiger partial charge on any atom is 0.319 e. The van der Waals surface area contributed by atoms with Gasteiger partial charge in [0, 0.05) is 173 Å². The van der Waals surface area contributed by atoms with Crippen LogP contribution in [0.15, 0.2) is 151 Å². The van der Waals surface area contributed by atoms with Gasteiger partial charge in [0.05, 0.1) is 22.6 Å². The van der Waals surface area contributed by atoms with Crippen molar-refractivity contribution in [3.63, 3.8) is 0 Å². The number of carbonyl (C=O) groups is 4. The number of piperidine rings is 2. The second-order valence-electron chi connectivity index (χ2n) is 26.3. The molecule has 25 heteroatoms. The maximum absolute atomic E-state index is 12.9. The zero-order valence-electron chi connectivity index (χ0n) is 55.8. The van der Waals surface area contributed by atoms with Crippen molar-refractivity contribution >= 4 is 85.6 Å². The summed E-state index contributed by atoms with van der Waals surface area (Å²) in [6.07, 6.45) is 29.9. The number of rotatable bonds is 11. The highest BCUT2D eigenvalue weighted by Crippen LogP contribution is 2.42. The Morgan fingerprint density at radius 3 is 1.79 bits per heavy atom. The highest BCUT2D eigenvalue weighted by atomic mass is 16.3.